The summed E-state index contributed by atoms with van der Waals surface area (Å²) in [5.74, 6) is 0. The number of unbranched alkanes of at least 4 members (excludes halogenated alkanes) is 3. The van der Waals surface area contributed by atoms with Crippen LogP contribution in [0.4, 0.5) is 0 Å². The van der Waals surface area contributed by atoms with Crippen LogP contribution < -0.4 is 12.4 Å². The zero-order chi connectivity index (χ0) is 9.94. The smallest absolute Gasteiger partial charge is 0.0571 e. The molecular formula is C12H29Cl2P. The first-order valence-corrected chi connectivity index (χ1v) is 8.30. The number of hydrogen-bond acceptors (Lipinski definition) is 0. The van der Waals surface area contributed by atoms with Crippen molar-refractivity contribution in [3.8, 4) is 0 Å². The first-order valence-electron chi connectivity index (χ1n) is 6.18. The average Bonchev–Trinajstić information content (AvgIpc) is 2.17. The molecule has 0 nitrogen and oxygen atoms in total. The third-order valence-electron chi connectivity index (χ3n) is 2.65. The third kappa shape index (κ3) is 15.0. The lowest BCUT2D eigenvalue weighted by Gasteiger charge is -2.09. The minimum Gasteiger partial charge on any atom is -1.00 e. The lowest BCUT2D eigenvalue weighted by Crippen LogP contribution is -3.00. The number of hydrogen-bond donors (Lipinski definition) is 0. The topological polar surface area (TPSA) is 0 Å². The molecule has 0 saturated heterocycles. The highest BCUT2D eigenvalue weighted by Gasteiger charge is 2.12. The van der Waals surface area contributed by atoms with Gasteiger partial charge in [0, 0.05) is 7.92 Å². The van der Waals surface area contributed by atoms with Crippen LogP contribution in [0.2, 0.25) is 0 Å². The molecule has 0 N–H and O–H groups in total. The minimum absolute atomic E-state index is 0. The van der Waals surface area contributed by atoms with Crippen LogP contribution in [0.25, 0.3) is 0 Å². The Morgan fingerprint density at radius 2 is 0.933 bits per heavy atom. The highest BCUT2D eigenvalue weighted by atomic mass is 35.5. The Morgan fingerprint density at radius 1 is 0.667 bits per heavy atom. The summed E-state index contributed by atoms with van der Waals surface area (Å²) in [6.45, 7) is 6.96. The Bertz CT molecular complexity index is 80.6. The molecule has 0 aliphatic rings. The molecule has 96 valence electrons. The summed E-state index contributed by atoms with van der Waals surface area (Å²) in [4.78, 5) is 0. The van der Waals surface area contributed by atoms with Crippen LogP contribution in [0.15, 0.2) is 0 Å². The van der Waals surface area contributed by atoms with E-state index < -0.39 is 0 Å². The fourth-order valence-corrected chi connectivity index (χ4v) is 4.97. The van der Waals surface area contributed by atoms with Gasteiger partial charge >= 0.3 is 0 Å². The Kier molecular flexibility index (Phi) is 24.7. The van der Waals surface area contributed by atoms with Gasteiger partial charge in [0.05, 0.1) is 18.5 Å². The van der Waals surface area contributed by atoms with E-state index in [1.165, 1.54) is 38.5 Å². The zero-order valence-electron chi connectivity index (χ0n) is 10.7. The van der Waals surface area contributed by atoms with Gasteiger partial charge < -0.3 is 12.4 Å². The van der Waals surface area contributed by atoms with Gasteiger partial charge in [-0.3, -0.25) is 0 Å². The molecule has 0 fully saturated rings. The van der Waals surface area contributed by atoms with Crippen molar-refractivity contribution in [2.75, 3.05) is 18.5 Å². The predicted octanol–water partition coefficient (Wildman–Crippen LogP) is 2.03. The first-order chi connectivity index (χ1) is 6.35. The summed E-state index contributed by atoms with van der Waals surface area (Å²) in [6, 6.07) is 0. The van der Waals surface area contributed by atoms with E-state index in [0.29, 0.717) is 0 Å². The van der Waals surface area contributed by atoms with Gasteiger partial charge in [-0.25, -0.2) is 0 Å². The van der Waals surface area contributed by atoms with Gasteiger partial charge in [0.25, 0.3) is 0 Å². The quantitative estimate of drug-likeness (QED) is 0.565. The van der Waals surface area contributed by atoms with Gasteiger partial charge in [0.1, 0.15) is 0 Å². The summed E-state index contributed by atoms with van der Waals surface area (Å²) in [7, 11) is 0.0675. The largest absolute Gasteiger partial charge is 1.00 e. The van der Waals surface area contributed by atoms with E-state index in [-0.39, 0.29) is 32.7 Å². The van der Waals surface area contributed by atoms with E-state index in [9.17, 15) is 0 Å². The molecule has 0 aliphatic heterocycles. The van der Waals surface area contributed by atoms with Crippen LogP contribution in [0.1, 0.15) is 59.3 Å². The van der Waals surface area contributed by atoms with Gasteiger partial charge in [-0.15, -0.1) is 12.4 Å². The molecule has 0 spiro atoms. The van der Waals surface area contributed by atoms with Crippen molar-refractivity contribution in [1.82, 2.24) is 0 Å². The van der Waals surface area contributed by atoms with Crippen LogP contribution in [0, 0.1) is 0 Å². The van der Waals surface area contributed by atoms with Crippen molar-refractivity contribution in [3.05, 3.63) is 0 Å². The van der Waals surface area contributed by atoms with E-state index in [0.717, 1.165) is 0 Å². The van der Waals surface area contributed by atoms with Crippen LogP contribution in [0.5, 0.6) is 0 Å². The molecule has 15 heavy (non-hydrogen) atoms. The van der Waals surface area contributed by atoms with Gasteiger partial charge in [-0.2, -0.15) is 0 Å². The van der Waals surface area contributed by atoms with E-state index in [1.54, 1.807) is 18.5 Å². The molecular weight excluding hydrogens is 246 g/mol. The molecule has 0 saturated carbocycles. The molecule has 0 radical (unpaired) electrons. The number of halogens is 2. The molecule has 0 aromatic rings. The van der Waals surface area contributed by atoms with Crippen molar-refractivity contribution in [2.24, 2.45) is 0 Å². The second-order valence-electron chi connectivity index (χ2n) is 4.06. The van der Waals surface area contributed by atoms with Gasteiger partial charge in [-0.05, 0) is 19.3 Å². The Morgan fingerprint density at radius 3 is 1.13 bits per heavy atom. The van der Waals surface area contributed by atoms with Crippen molar-refractivity contribution in [2.45, 2.75) is 59.3 Å². The molecule has 0 unspecified atom stereocenters. The van der Waals surface area contributed by atoms with E-state index in [2.05, 4.69) is 20.8 Å². The minimum atomic E-state index is 0. The Labute approximate surface area is 111 Å². The lowest BCUT2D eigenvalue weighted by molar-refractivity contribution is -0.00000319. The molecule has 0 amide bonds. The van der Waals surface area contributed by atoms with E-state index in [4.69, 9.17) is 0 Å². The Balaban J connectivity index is -0.000000720. The predicted molar refractivity (Wildman–Crippen MR) is 74.9 cm³/mol. The highest BCUT2D eigenvalue weighted by molar-refractivity contribution is 7.57. The monoisotopic (exact) mass is 274 g/mol. The second kappa shape index (κ2) is 17.4. The van der Waals surface area contributed by atoms with E-state index in [1.807, 2.05) is 0 Å². The normalized spacial score (nSPS) is 9.60. The van der Waals surface area contributed by atoms with Crippen LogP contribution >= 0.6 is 20.3 Å². The maximum Gasteiger partial charge on any atom is 0.0571 e. The molecule has 0 aromatic heterocycles. The van der Waals surface area contributed by atoms with Crippen molar-refractivity contribution >= 4 is 20.3 Å². The molecule has 0 heterocycles. The molecule has 0 aliphatic carbocycles. The SMILES string of the molecule is CCCC[PH+](CCCC)CCCC.Cl.[Cl-]. The average molecular weight is 275 g/mol. The maximum atomic E-state index is 2.32. The Hall–Kier alpha value is 1.01. The van der Waals surface area contributed by atoms with Crippen LogP contribution in [0.3, 0.4) is 0 Å². The maximum absolute atomic E-state index is 2.32. The van der Waals surface area contributed by atoms with Crippen molar-refractivity contribution < 1.29 is 12.4 Å². The third-order valence-corrected chi connectivity index (χ3v) is 5.83. The second-order valence-corrected chi connectivity index (χ2v) is 7.06. The highest BCUT2D eigenvalue weighted by Crippen LogP contribution is 2.38. The van der Waals surface area contributed by atoms with Crippen molar-refractivity contribution in [3.63, 3.8) is 0 Å². The summed E-state index contributed by atoms with van der Waals surface area (Å²) < 4.78 is 0. The molecule has 0 atom stereocenters. The molecule has 0 aromatic carbocycles. The summed E-state index contributed by atoms with van der Waals surface area (Å²) in [5, 5.41) is 0. The summed E-state index contributed by atoms with van der Waals surface area (Å²) >= 11 is 0. The van der Waals surface area contributed by atoms with Crippen molar-refractivity contribution in [1.29, 1.82) is 0 Å². The molecule has 0 bridgehead atoms. The summed E-state index contributed by atoms with van der Waals surface area (Å²) in [5.41, 5.74) is 0. The lowest BCUT2D eigenvalue weighted by atomic mass is 10.4. The van der Waals surface area contributed by atoms with Crippen LogP contribution in [-0.4, -0.2) is 18.5 Å². The van der Waals surface area contributed by atoms with Gasteiger partial charge in [-0.1, -0.05) is 40.0 Å². The fourth-order valence-electron chi connectivity index (χ4n) is 1.66. The molecule has 3 heteroatoms. The zero-order valence-corrected chi connectivity index (χ0v) is 13.2. The fraction of sp³-hybridized carbons (Fsp3) is 1.00. The van der Waals surface area contributed by atoms with Crippen LogP contribution in [-0.2, 0) is 0 Å². The summed E-state index contributed by atoms with van der Waals surface area (Å²) in [6.07, 6.45) is 13.4. The van der Waals surface area contributed by atoms with Gasteiger partial charge in [0.15, 0.2) is 0 Å². The molecule has 0 rings (SSSR count). The standard InChI is InChI=1S/C12H27P.2ClH/c1-4-7-10-13(11-8-5-2)12-9-6-3;;/h4-12H2,1-3H3;2*1H. The number of rotatable bonds is 9. The van der Waals surface area contributed by atoms with E-state index >= 15 is 0 Å². The first kappa shape index (κ1) is 21.3. The van der Waals surface area contributed by atoms with Gasteiger partial charge in [0.2, 0.25) is 0 Å².